The molecule has 0 radical (unpaired) electrons. The monoisotopic (exact) mass is 369 g/mol. The van der Waals surface area contributed by atoms with Crippen LogP contribution in [-0.2, 0) is 6.54 Å². The topological polar surface area (TPSA) is 46.9 Å². The molecule has 26 heavy (non-hydrogen) atoms. The van der Waals surface area contributed by atoms with Crippen LogP contribution in [0.25, 0.3) is 15.9 Å². The number of hydrogen-bond donors (Lipinski definition) is 1. The summed E-state index contributed by atoms with van der Waals surface area (Å²) in [5.41, 5.74) is 0.960. The Balaban J connectivity index is 1.67. The molecule has 4 rings (SSSR count). The summed E-state index contributed by atoms with van der Waals surface area (Å²) >= 11 is 1.27. The third-order valence-electron chi connectivity index (χ3n) is 3.96. The molecular weight excluding hydrogens is 356 g/mol. The Hall–Kier alpha value is -3.06. The van der Waals surface area contributed by atoms with Crippen molar-refractivity contribution < 1.29 is 13.6 Å². The first-order valence-corrected chi connectivity index (χ1v) is 8.68. The van der Waals surface area contributed by atoms with Gasteiger partial charge in [-0.25, -0.2) is 13.8 Å². The highest BCUT2D eigenvalue weighted by atomic mass is 32.1. The molecule has 0 bridgehead atoms. The van der Waals surface area contributed by atoms with Gasteiger partial charge in [-0.3, -0.25) is 4.79 Å². The van der Waals surface area contributed by atoms with Gasteiger partial charge in [-0.2, -0.15) is 0 Å². The Bertz CT molecular complexity index is 1090. The lowest BCUT2D eigenvalue weighted by molar-refractivity contribution is 0.0954. The van der Waals surface area contributed by atoms with E-state index in [9.17, 15) is 13.6 Å². The van der Waals surface area contributed by atoms with E-state index in [4.69, 9.17) is 0 Å². The van der Waals surface area contributed by atoms with Crippen molar-refractivity contribution in [2.75, 3.05) is 0 Å². The average Bonchev–Trinajstić information content (AvgIpc) is 3.27. The van der Waals surface area contributed by atoms with E-state index in [-0.39, 0.29) is 18.0 Å². The number of halogens is 2. The number of aromatic nitrogens is 2. The van der Waals surface area contributed by atoms with E-state index in [1.54, 1.807) is 6.20 Å². The summed E-state index contributed by atoms with van der Waals surface area (Å²) in [5, 5.41) is 3.57. The van der Waals surface area contributed by atoms with Crippen LogP contribution < -0.4 is 5.32 Å². The van der Waals surface area contributed by atoms with Crippen molar-refractivity contribution in [2.24, 2.45) is 0 Å². The Morgan fingerprint density at radius 1 is 1.15 bits per heavy atom. The van der Waals surface area contributed by atoms with Crippen LogP contribution in [0.4, 0.5) is 8.78 Å². The number of carbonyl (C=O) groups is 1. The fourth-order valence-corrected chi connectivity index (χ4v) is 3.79. The highest BCUT2D eigenvalue weighted by Gasteiger charge is 2.20. The van der Waals surface area contributed by atoms with Crippen molar-refractivity contribution in [3.8, 4) is 5.69 Å². The minimum Gasteiger partial charge on any atom is -0.347 e. The zero-order valence-electron chi connectivity index (χ0n) is 13.4. The van der Waals surface area contributed by atoms with E-state index in [1.807, 2.05) is 41.2 Å². The van der Waals surface area contributed by atoms with Crippen LogP contribution in [0.2, 0.25) is 0 Å². The molecule has 0 atom stereocenters. The highest BCUT2D eigenvalue weighted by Crippen LogP contribution is 2.33. The third kappa shape index (κ3) is 2.97. The fraction of sp³-hybridized carbons (Fsp3) is 0.0526. The van der Waals surface area contributed by atoms with E-state index in [2.05, 4.69) is 10.3 Å². The molecule has 0 saturated heterocycles. The molecule has 0 fully saturated rings. The van der Waals surface area contributed by atoms with E-state index >= 15 is 0 Å². The minimum atomic E-state index is -0.686. The van der Waals surface area contributed by atoms with Crippen LogP contribution in [0.5, 0.6) is 0 Å². The fourth-order valence-electron chi connectivity index (χ4n) is 2.73. The molecule has 0 aliphatic rings. The smallest absolute Gasteiger partial charge is 0.263 e. The number of nitrogens with one attached hydrogen (secondary N) is 1. The van der Waals surface area contributed by atoms with Crippen molar-refractivity contribution in [3.63, 3.8) is 0 Å². The van der Waals surface area contributed by atoms with E-state index in [0.29, 0.717) is 4.88 Å². The number of pyridine rings is 1. The van der Waals surface area contributed by atoms with Gasteiger partial charge in [0.2, 0.25) is 0 Å². The molecule has 7 heteroatoms. The molecule has 1 N–H and O–H groups in total. The second-order valence-electron chi connectivity index (χ2n) is 5.64. The maximum atomic E-state index is 13.8. The van der Waals surface area contributed by atoms with Gasteiger partial charge in [-0.05, 0) is 30.3 Å². The average molecular weight is 369 g/mol. The van der Waals surface area contributed by atoms with Gasteiger partial charge >= 0.3 is 0 Å². The van der Waals surface area contributed by atoms with Gasteiger partial charge in [0.05, 0.1) is 5.69 Å². The van der Waals surface area contributed by atoms with E-state index < -0.39 is 11.6 Å². The molecule has 0 unspecified atom stereocenters. The number of benzene rings is 1. The van der Waals surface area contributed by atoms with Gasteiger partial charge in [0.1, 0.15) is 21.3 Å². The van der Waals surface area contributed by atoms with Crippen LogP contribution in [0.1, 0.15) is 15.2 Å². The minimum absolute atomic E-state index is 0.0300. The van der Waals surface area contributed by atoms with Gasteiger partial charge in [-0.15, -0.1) is 11.3 Å². The van der Waals surface area contributed by atoms with E-state index in [1.165, 1.54) is 23.5 Å². The molecule has 4 aromatic rings. The number of fused-ring (bicyclic) bond motifs is 1. The van der Waals surface area contributed by atoms with Crippen LogP contribution in [0.15, 0.2) is 61.1 Å². The SMILES string of the molecule is O=C(NCc1ccc(F)cc1F)c1sc2ncccc2c1-n1cccc1. The predicted molar refractivity (Wildman–Crippen MR) is 96.5 cm³/mol. The zero-order valence-corrected chi connectivity index (χ0v) is 14.3. The molecule has 3 aromatic heterocycles. The number of amides is 1. The van der Waals surface area contributed by atoms with Crippen molar-refractivity contribution in [1.29, 1.82) is 0 Å². The molecule has 4 nitrogen and oxygen atoms in total. The summed E-state index contributed by atoms with van der Waals surface area (Å²) in [6.07, 6.45) is 5.38. The number of carbonyl (C=O) groups excluding carboxylic acids is 1. The second kappa shape index (κ2) is 6.68. The molecule has 1 amide bonds. The molecule has 0 saturated carbocycles. The first-order valence-electron chi connectivity index (χ1n) is 7.86. The van der Waals surface area contributed by atoms with Crippen LogP contribution in [0.3, 0.4) is 0 Å². The van der Waals surface area contributed by atoms with Gasteiger partial charge in [0, 0.05) is 42.2 Å². The van der Waals surface area contributed by atoms with Crippen LogP contribution in [-0.4, -0.2) is 15.5 Å². The number of thiophene rings is 1. The van der Waals surface area contributed by atoms with Crippen molar-refractivity contribution >= 4 is 27.5 Å². The first kappa shape index (κ1) is 16.4. The Kier molecular flexibility index (Phi) is 4.22. The van der Waals surface area contributed by atoms with Gasteiger partial charge in [0.25, 0.3) is 5.91 Å². The summed E-state index contributed by atoms with van der Waals surface area (Å²) < 4.78 is 28.6. The normalized spacial score (nSPS) is 11.0. The van der Waals surface area contributed by atoms with Gasteiger partial charge in [-0.1, -0.05) is 6.07 Å². The van der Waals surface area contributed by atoms with Crippen LogP contribution >= 0.6 is 11.3 Å². The quantitative estimate of drug-likeness (QED) is 0.583. The lowest BCUT2D eigenvalue weighted by Gasteiger charge is -2.08. The number of nitrogens with zero attached hydrogens (tertiary/aromatic N) is 2. The van der Waals surface area contributed by atoms with Crippen molar-refractivity contribution in [3.05, 3.63) is 83.1 Å². The zero-order chi connectivity index (χ0) is 18.1. The Morgan fingerprint density at radius 3 is 2.73 bits per heavy atom. The largest absolute Gasteiger partial charge is 0.347 e. The first-order chi connectivity index (χ1) is 12.6. The summed E-state index contributed by atoms with van der Waals surface area (Å²) in [7, 11) is 0. The maximum absolute atomic E-state index is 13.8. The lowest BCUT2D eigenvalue weighted by atomic mass is 10.2. The Morgan fingerprint density at radius 2 is 1.96 bits per heavy atom. The standard InChI is InChI=1S/C19H13F2N3OS/c20-13-6-5-12(15(21)10-13)11-23-18(25)17-16(24-8-1-2-9-24)14-4-3-7-22-19(14)26-17/h1-10H,11H2,(H,23,25). The molecule has 0 aliphatic carbocycles. The van der Waals surface area contributed by atoms with Crippen LogP contribution in [0, 0.1) is 11.6 Å². The molecule has 3 heterocycles. The van der Waals surface area contributed by atoms with Gasteiger partial charge < -0.3 is 9.88 Å². The predicted octanol–water partition coefficient (Wildman–Crippen LogP) is 4.30. The molecule has 130 valence electrons. The van der Waals surface area contributed by atoms with E-state index in [0.717, 1.165) is 22.0 Å². The number of hydrogen-bond acceptors (Lipinski definition) is 3. The lowest BCUT2D eigenvalue weighted by Crippen LogP contribution is -2.23. The maximum Gasteiger partial charge on any atom is 0.263 e. The molecule has 1 aromatic carbocycles. The second-order valence-corrected chi connectivity index (χ2v) is 6.64. The Labute approximate surface area is 151 Å². The highest BCUT2D eigenvalue weighted by molar-refractivity contribution is 7.21. The molecule has 0 aliphatic heterocycles. The summed E-state index contributed by atoms with van der Waals surface area (Å²) in [6, 6.07) is 10.8. The number of rotatable bonds is 4. The van der Waals surface area contributed by atoms with Crippen molar-refractivity contribution in [1.82, 2.24) is 14.9 Å². The summed E-state index contributed by atoms with van der Waals surface area (Å²) in [6.45, 7) is -0.0300. The molecular formula is C19H13F2N3OS. The summed E-state index contributed by atoms with van der Waals surface area (Å²) in [4.78, 5) is 18.3. The third-order valence-corrected chi connectivity index (χ3v) is 5.07. The van der Waals surface area contributed by atoms with Gasteiger partial charge in [0.15, 0.2) is 0 Å². The summed E-state index contributed by atoms with van der Waals surface area (Å²) in [5.74, 6) is -1.67. The molecule has 0 spiro atoms. The van der Waals surface area contributed by atoms with Crippen molar-refractivity contribution in [2.45, 2.75) is 6.54 Å².